The molecule has 1 amide bonds. The number of benzene rings is 2. The lowest BCUT2D eigenvalue weighted by Crippen LogP contribution is -2.25. The highest BCUT2D eigenvalue weighted by molar-refractivity contribution is 8.00. The van der Waals surface area contributed by atoms with Crippen molar-refractivity contribution in [1.82, 2.24) is 0 Å². The molecule has 2 aromatic rings. The van der Waals surface area contributed by atoms with Crippen LogP contribution in [-0.2, 0) is 20.7 Å². The second-order valence-electron chi connectivity index (χ2n) is 6.83. The van der Waals surface area contributed by atoms with Crippen molar-refractivity contribution in [3.8, 4) is 0 Å². The molecule has 0 atom stereocenters. The van der Waals surface area contributed by atoms with Crippen molar-refractivity contribution >= 4 is 29.3 Å². The Balaban J connectivity index is 1.98. The molecule has 27 heavy (non-hydrogen) atoms. The molecule has 0 fully saturated rings. The highest BCUT2D eigenvalue weighted by Crippen LogP contribution is 2.23. The molecule has 144 valence electrons. The summed E-state index contributed by atoms with van der Waals surface area (Å²) in [6.07, 6.45) is 0.0213. The number of para-hydroxylation sites is 1. The maximum Gasteiger partial charge on any atom is 0.310 e. The lowest BCUT2D eigenvalue weighted by molar-refractivity contribution is -0.153. The Kier molecular flexibility index (Phi) is 6.96. The van der Waals surface area contributed by atoms with Gasteiger partial charge in [-0.2, -0.15) is 0 Å². The minimum absolute atomic E-state index is 0.0213. The molecule has 0 aliphatic rings. The maximum atomic E-state index is 13.6. The van der Waals surface area contributed by atoms with Gasteiger partial charge in [0.15, 0.2) is 0 Å². The van der Waals surface area contributed by atoms with Gasteiger partial charge in [0, 0.05) is 16.6 Å². The molecular formula is C20H21F2NO3S. The second kappa shape index (κ2) is 8.99. The number of anilines is 1. The van der Waals surface area contributed by atoms with E-state index in [1.54, 1.807) is 45.0 Å². The highest BCUT2D eigenvalue weighted by atomic mass is 32.2. The molecule has 2 rings (SSSR count). The first kappa shape index (κ1) is 20.9. The molecule has 0 aromatic heterocycles. The molecular weight excluding hydrogens is 372 g/mol. The number of nitrogens with one attached hydrogen (secondary N) is 1. The minimum atomic E-state index is -0.710. The van der Waals surface area contributed by atoms with E-state index in [-0.39, 0.29) is 23.0 Å². The van der Waals surface area contributed by atoms with Gasteiger partial charge in [-0.1, -0.05) is 18.2 Å². The summed E-state index contributed by atoms with van der Waals surface area (Å²) in [6.45, 7) is 5.35. The third kappa shape index (κ3) is 7.02. The van der Waals surface area contributed by atoms with E-state index in [2.05, 4.69) is 5.32 Å². The van der Waals surface area contributed by atoms with Crippen LogP contribution in [-0.4, -0.2) is 23.2 Å². The average Bonchev–Trinajstić information content (AvgIpc) is 2.54. The van der Waals surface area contributed by atoms with Gasteiger partial charge in [-0.3, -0.25) is 9.59 Å². The van der Waals surface area contributed by atoms with Crippen LogP contribution in [0.5, 0.6) is 0 Å². The molecule has 0 saturated heterocycles. The molecule has 0 unspecified atom stereocenters. The van der Waals surface area contributed by atoms with E-state index in [1.807, 2.05) is 0 Å². The Morgan fingerprint density at radius 2 is 1.81 bits per heavy atom. The van der Waals surface area contributed by atoms with Crippen molar-refractivity contribution in [3.63, 3.8) is 0 Å². The van der Waals surface area contributed by atoms with E-state index in [0.717, 1.165) is 23.9 Å². The van der Waals surface area contributed by atoms with Crippen LogP contribution in [0.15, 0.2) is 47.4 Å². The Hall–Kier alpha value is -2.41. The van der Waals surface area contributed by atoms with Crippen molar-refractivity contribution < 1.29 is 23.1 Å². The van der Waals surface area contributed by atoms with Gasteiger partial charge in [-0.25, -0.2) is 8.78 Å². The number of amides is 1. The van der Waals surface area contributed by atoms with Crippen molar-refractivity contribution in [3.05, 3.63) is 59.7 Å². The van der Waals surface area contributed by atoms with Crippen molar-refractivity contribution in [2.45, 2.75) is 37.7 Å². The zero-order valence-electron chi connectivity index (χ0n) is 15.3. The number of hydrogen-bond acceptors (Lipinski definition) is 4. The summed E-state index contributed by atoms with van der Waals surface area (Å²) in [7, 11) is 0. The van der Waals surface area contributed by atoms with Crippen LogP contribution < -0.4 is 5.32 Å². The molecule has 0 aliphatic carbocycles. The summed E-state index contributed by atoms with van der Waals surface area (Å²) in [6, 6.07) is 10.1. The van der Waals surface area contributed by atoms with E-state index in [9.17, 15) is 18.4 Å². The van der Waals surface area contributed by atoms with Gasteiger partial charge in [0.05, 0.1) is 12.2 Å². The summed E-state index contributed by atoms with van der Waals surface area (Å²) < 4.78 is 31.8. The van der Waals surface area contributed by atoms with Crippen LogP contribution in [0.2, 0.25) is 0 Å². The summed E-state index contributed by atoms with van der Waals surface area (Å²) in [5, 5.41) is 2.72. The van der Waals surface area contributed by atoms with Crippen LogP contribution in [0.1, 0.15) is 26.3 Å². The largest absolute Gasteiger partial charge is 0.460 e. The standard InChI is InChI=1S/C20H21F2NO3S/c1-20(2,3)26-19(25)10-13-6-4-5-7-16(13)23-18(24)12-27-17-9-8-14(21)11-15(17)22/h4-9,11H,10,12H2,1-3H3,(H,23,24). The number of esters is 1. The van der Waals surface area contributed by atoms with E-state index in [0.29, 0.717) is 11.3 Å². The molecule has 0 spiro atoms. The molecule has 1 N–H and O–H groups in total. The topological polar surface area (TPSA) is 55.4 Å². The summed E-state index contributed by atoms with van der Waals surface area (Å²) >= 11 is 0.965. The first-order valence-corrected chi connectivity index (χ1v) is 9.30. The zero-order chi connectivity index (χ0) is 20.0. The van der Waals surface area contributed by atoms with Gasteiger partial charge in [0.1, 0.15) is 17.2 Å². The fraction of sp³-hybridized carbons (Fsp3) is 0.300. The van der Waals surface area contributed by atoms with Crippen molar-refractivity contribution in [1.29, 1.82) is 0 Å². The van der Waals surface area contributed by atoms with Gasteiger partial charge in [0.2, 0.25) is 5.91 Å². The third-order valence-electron chi connectivity index (χ3n) is 3.30. The van der Waals surface area contributed by atoms with Crippen LogP contribution in [0.3, 0.4) is 0 Å². The van der Waals surface area contributed by atoms with Crippen LogP contribution in [0.25, 0.3) is 0 Å². The Labute approximate surface area is 161 Å². The predicted octanol–water partition coefficient (Wildman–Crippen LogP) is 4.58. The summed E-state index contributed by atoms with van der Waals surface area (Å²) in [5.74, 6) is -2.19. The molecule has 2 aromatic carbocycles. The number of hydrogen-bond donors (Lipinski definition) is 1. The third-order valence-corrected chi connectivity index (χ3v) is 4.35. The smallest absolute Gasteiger partial charge is 0.310 e. The SMILES string of the molecule is CC(C)(C)OC(=O)Cc1ccccc1NC(=O)CSc1ccc(F)cc1F. The number of carbonyl (C=O) groups excluding carboxylic acids is 2. The first-order chi connectivity index (χ1) is 12.6. The second-order valence-corrected chi connectivity index (χ2v) is 7.85. The quantitative estimate of drug-likeness (QED) is 0.577. The monoisotopic (exact) mass is 393 g/mol. The number of thioether (sulfide) groups is 1. The molecule has 0 aliphatic heterocycles. The van der Waals surface area contributed by atoms with E-state index in [4.69, 9.17) is 4.74 Å². The highest BCUT2D eigenvalue weighted by Gasteiger charge is 2.18. The number of rotatable bonds is 6. The Morgan fingerprint density at radius 3 is 2.48 bits per heavy atom. The van der Waals surface area contributed by atoms with Crippen LogP contribution in [0.4, 0.5) is 14.5 Å². The van der Waals surface area contributed by atoms with Crippen molar-refractivity contribution in [2.24, 2.45) is 0 Å². The number of ether oxygens (including phenoxy) is 1. The Morgan fingerprint density at radius 1 is 1.11 bits per heavy atom. The molecule has 0 radical (unpaired) electrons. The number of carbonyl (C=O) groups is 2. The summed E-state index contributed by atoms with van der Waals surface area (Å²) in [4.78, 5) is 24.4. The Bertz CT molecular complexity index is 834. The zero-order valence-corrected chi connectivity index (χ0v) is 16.2. The molecule has 0 heterocycles. The maximum absolute atomic E-state index is 13.6. The van der Waals surface area contributed by atoms with Crippen LogP contribution >= 0.6 is 11.8 Å². The van der Waals surface area contributed by atoms with Gasteiger partial charge in [-0.05, 0) is 44.5 Å². The van der Waals surface area contributed by atoms with Gasteiger partial charge in [0.25, 0.3) is 0 Å². The number of halogens is 2. The normalized spacial score (nSPS) is 11.1. The molecule has 0 bridgehead atoms. The van der Waals surface area contributed by atoms with Gasteiger partial charge >= 0.3 is 5.97 Å². The fourth-order valence-electron chi connectivity index (χ4n) is 2.25. The van der Waals surface area contributed by atoms with E-state index in [1.165, 1.54) is 6.07 Å². The molecule has 7 heteroatoms. The van der Waals surface area contributed by atoms with Gasteiger partial charge < -0.3 is 10.1 Å². The fourth-order valence-corrected chi connectivity index (χ4v) is 2.97. The molecule has 4 nitrogen and oxygen atoms in total. The van der Waals surface area contributed by atoms with Crippen LogP contribution in [0, 0.1) is 11.6 Å². The van der Waals surface area contributed by atoms with E-state index < -0.39 is 23.2 Å². The average molecular weight is 393 g/mol. The minimum Gasteiger partial charge on any atom is -0.460 e. The first-order valence-electron chi connectivity index (χ1n) is 8.31. The predicted molar refractivity (Wildman–Crippen MR) is 102 cm³/mol. The lowest BCUT2D eigenvalue weighted by Gasteiger charge is -2.20. The lowest BCUT2D eigenvalue weighted by atomic mass is 10.1. The van der Waals surface area contributed by atoms with Crippen molar-refractivity contribution in [2.75, 3.05) is 11.1 Å². The summed E-state index contributed by atoms with van der Waals surface area (Å²) in [5.41, 5.74) is 0.525. The van der Waals surface area contributed by atoms with E-state index >= 15 is 0 Å². The van der Waals surface area contributed by atoms with Gasteiger partial charge in [-0.15, -0.1) is 11.8 Å². The molecule has 0 saturated carbocycles.